The van der Waals surface area contributed by atoms with Gasteiger partial charge in [0.2, 0.25) is 24.2 Å². The van der Waals surface area contributed by atoms with Gasteiger partial charge in [0.05, 0.1) is 22.1 Å². The first-order valence-electron chi connectivity index (χ1n) is 12.6. The smallest absolute Gasteiger partial charge is 0.250 e. The molecule has 0 aromatic heterocycles. The standard InChI is InChI=1S/C27H39ClN2O5SSi/c1-7-14-30(25(32)18-28)24-17-22(35-37(5,6)26(2,3)4)16-21-13-15-29(19-27(21,24)20-31)36(33,34)23-11-9-8-10-12-23/h7-12,17,20-21,24H,1,13-16,18-19H2,2-6H3/t21-,24-,27+/m0/s1. The van der Waals surface area contributed by atoms with Gasteiger partial charge in [-0.1, -0.05) is 45.0 Å². The molecule has 3 rings (SSSR count). The third-order valence-corrected chi connectivity index (χ3v) is 14.6. The van der Waals surface area contributed by atoms with Crippen LogP contribution in [0.15, 0.2) is 59.7 Å². The van der Waals surface area contributed by atoms with E-state index in [1.165, 1.54) is 9.21 Å². The number of hydrogen-bond acceptors (Lipinski definition) is 5. The van der Waals surface area contributed by atoms with E-state index in [-0.39, 0.29) is 47.3 Å². The van der Waals surface area contributed by atoms with Crippen molar-refractivity contribution in [3.8, 4) is 0 Å². The normalized spacial score (nSPS) is 25.0. The van der Waals surface area contributed by atoms with Crippen molar-refractivity contribution in [1.82, 2.24) is 9.21 Å². The zero-order valence-corrected chi connectivity index (χ0v) is 25.0. The second-order valence-corrected chi connectivity index (χ2v) is 18.4. The summed E-state index contributed by atoms with van der Waals surface area (Å²) in [7, 11) is -6.03. The summed E-state index contributed by atoms with van der Waals surface area (Å²) in [6.45, 7) is 15.0. The number of hydrogen-bond donors (Lipinski definition) is 0. The molecular formula is C27H39ClN2O5SSi. The van der Waals surface area contributed by atoms with Gasteiger partial charge < -0.3 is 14.1 Å². The molecule has 1 saturated heterocycles. The van der Waals surface area contributed by atoms with Crippen LogP contribution in [0, 0.1) is 11.3 Å². The van der Waals surface area contributed by atoms with E-state index in [2.05, 4.69) is 40.4 Å². The number of fused-ring (bicyclic) bond motifs is 1. The largest absolute Gasteiger partial charge is 0.547 e. The zero-order chi connectivity index (χ0) is 27.6. The van der Waals surface area contributed by atoms with E-state index in [9.17, 15) is 18.0 Å². The highest BCUT2D eigenvalue weighted by Crippen LogP contribution is 2.49. The first-order chi connectivity index (χ1) is 17.2. The Morgan fingerprint density at radius 1 is 1.30 bits per heavy atom. The molecule has 0 bridgehead atoms. The predicted octanol–water partition coefficient (Wildman–Crippen LogP) is 4.81. The molecule has 0 saturated carbocycles. The number of sulfonamides is 1. The number of halogens is 1. The Balaban J connectivity index is 2.12. The lowest BCUT2D eigenvalue weighted by atomic mass is 9.62. The van der Waals surface area contributed by atoms with Crippen molar-refractivity contribution in [3.63, 3.8) is 0 Å². The van der Waals surface area contributed by atoms with Gasteiger partial charge in [0.15, 0.2) is 0 Å². The van der Waals surface area contributed by atoms with Gasteiger partial charge in [-0.15, -0.1) is 18.2 Å². The first-order valence-corrected chi connectivity index (χ1v) is 17.5. The molecule has 0 spiro atoms. The first kappa shape index (κ1) is 29.6. The van der Waals surface area contributed by atoms with Gasteiger partial charge in [0.25, 0.3) is 0 Å². The van der Waals surface area contributed by atoms with E-state index in [0.29, 0.717) is 12.8 Å². The highest BCUT2D eigenvalue weighted by Gasteiger charge is 2.56. The van der Waals surface area contributed by atoms with E-state index >= 15 is 0 Å². The monoisotopic (exact) mass is 566 g/mol. The fraction of sp³-hybridized carbons (Fsp3) is 0.556. The van der Waals surface area contributed by atoms with E-state index in [1.807, 2.05) is 6.08 Å². The topological polar surface area (TPSA) is 84.0 Å². The minimum atomic E-state index is -3.83. The van der Waals surface area contributed by atoms with Crippen molar-refractivity contribution in [1.29, 1.82) is 0 Å². The van der Waals surface area contributed by atoms with Crippen molar-refractivity contribution in [2.75, 3.05) is 25.5 Å². The molecule has 1 aliphatic heterocycles. The third kappa shape index (κ3) is 5.74. The molecule has 2 aliphatic rings. The quantitative estimate of drug-likeness (QED) is 0.185. The molecule has 7 nitrogen and oxygen atoms in total. The van der Waals surface area contributed by atoms with Gasteiger partial charge in [-0.3, -0.25) is 4.79 Å². The number of alkyl halides is 1. The summed E-state index contributed by atoms with van der Waals surface area (Å²) < 4.78 is 35.1. The molecule has 1 heterocycles. The van der Waals surface area contributed by atoms with Crippen LogP contribution in [0.25, 0.3) is 0 Å². The lowest BCUT2D eigenvalue weighted by molar-refractivity contribution is -0.139. The van der Waals surface area contributed by atoms with Crippen LogP contribution < -0.4 is 0 Å². The molecule has 0 N–H and O–H groups in total. The third-order valence-electron chi connectivity index (χ3n) is 8.17. The summed E-state index contributed by atoms with van der Waals surface area (Å²) in [5.41, 5.74) is -1.15. The number of nitrogens with zero attached hydrogens (tertiary/aromatic N) is 2. The molecular weight excluding hydrogens is 528 g/mol. The van der Waals surface area contributed by atoms with Gasteiger partial charge in [-0.2, -0.15) is 4.31 Å². The number of aldehydes is 1. The van der Waals surface area contributed by atoms with E-state index in [4.69, 9.17) is 16.0 Å². The molecule has 1 aromatic carbocycles. The molecule has 204 valence electrons. The zero-order valence-electron chi connectivity index (χ0n) is 22.4. The van der Waals surface area contributed by atoms with Gasteiger partial charge >= 0.3 is 0 Å². The average Bonchev–Trinajstić information content (AvgIpc) is 2.85. The van der Waals surface area contributed by atoms with E-state index in [0.717, 1.165) is 12.0 Å². The average molecular weight is 567 g/mol. The van der Waals surface area contributed by atoms with Crippen molar-refractivity contribution in [2.24, 2.45) is 11.3 Å². The fourth-order valence-electron chi connectivity index (χ4n) is 5.02. The number of allylic oxidation sites excluding steroid dienone is 1. The van der Waals surface area contributed by atoms with Crippen molar-refractivity contribution < 1.29 is 22.4 Å². The van der Waals surface area contributed by atoms with Crippen LogP contribution in [0.2, 0.25) is 18.1 Å². The predicted molar refractivity (Wildman–Crippen MR) is 149 cm³/mol. The van der Waals surface area contributed by atoms with E-state index < -0.39 is 29.8 Å². The van der Waals surface area contributed by atoms with Crippen LogP contribution in [0.1, 0.15) is 33.6 Å². The van der Waals surface area contributed by atoms with Crippen LogP contribution in [0.4, 0.5) is 0 Å². The Labute approximate surface area is 227 Å². The summed E-state index contributed by atoms with van der Waals surface area (Å²) >= 11 is 5.98. The Bertz CT molecular complexity index is 1150. The number of carbonyl (C=O) groups excluding carboxylic acids is 2. The van der Waals surface area contributed by atoms with Gasteiger partial charge in [0, 0.05) is 26.1 Å². The maximum absolute atomic E-state index is 13.5. The molecule has 37 heavy (non-hydrogen) atoms. The number of carbonyl (C=O) groups is 2. The summed E-state index contributed by atoms with van der Waals surface area (Å²) in [5.74, 6) is -0.0471. The number of rotatable bonds is 9. The maximum Gasteiger partial charge on any atom is 0.250 e. The second-order valence-electron chi connectivity index (χ2n) is 11.5. The van der Waals surface area contributed by atoms with Crippen molar-refractivity contribution in [3.05, 3.63) is 54.8 Å². The van der Waals surface area contributed by atoms with Gasteiger partial charge in [-0.25, -0.2) is 8.42 Å². The number of amides is 1. The maximum atomic E-state index is 13.5. The molecule has 1 aromatic rings. The Hall–Kier alpha value is -1.94. The van der Waals surface area contributed by atoms with Gasteiger partial charge in [-0.05, 0) is 48.7 Å². The number of benzene rings is 1. The highest BCUT2D eigenvalue weighted by molar-refractivity contribution is 7.89. The van der Waals surface area contributed by atoms with Crippen molar-refractivity contribution in [2.45, 2.75) is 62.7 Å². The van der Waals surface area contributed by atoms with Crippen LogP contribution in [-0.4, -0.2) is 69.7 Å². The fourth-order valence-corrected chi connectivity index (χ4v) is 7.83. The lowest BCUT2D eigenvalue weighted by Gasteiger charge is -2.53. The minimum Gasteiger partial charge on any atom is -0.547 e. The van der Waals surface area contributed by atoms with Crippen LogP contribution >= 0.6 is 11.6 Å². The van der Waals surface area contributed by atoms with Crippen LogP contribution in [-0.2, 0) is 24.0 Å². The SMILES string of the molecule is C=CCN(C(=O)CCl)[C@H]1C=C(O[Si](C)(C)C(C)(C)C)C[C@@H]2CCN(S(=O)(=O)c3ccccc3)C[C@@]21C=O. The molecule has 0 unspecified atom stereocenters. The summed E-state index contributed by atoms with van der Waals surface area (Å²) in [5, 5.41) is -0.0393. The Kier molecular flexibility index (Phi) is 8.84. The molecule has 0 radical (unpaired) electrons. The molecule has 10 heteroatoms. The summed E-state index contributed by atoms with van der Waals surface area (Å²) in [6, 6.07) is 7.50. The minimum absolute atomic E-state index is 0.0316. The number of piperidine rings is 1. The van der Waals surface area contributed by atoms with E-state index in [1.54, 1.807) is 36.4 Å². The van der Waals surface area contributed by atoms with Crippen LogP contribution in [0.3, 0.4) is 0 Å². The Morgan fingerprint density at radius 2 is 1.95 bits per heavy atom. The van der Waals surface area contributed by atoms with Crippen LogP contribution in [0.5, 0.6) is 0 Å². The van der Waals surface area contributed by atoms with Gasteiger partial charge in [0.1, 0.15) is 12.2 Å². The summed E-state index contributed by atoms with van der Waals surface area (Å²) in [6.07, 6.45) is 5.29. The highest BCUT2D eigenvalue weighted by atomic mass is 35.5. The molecule has 1 fully saturated rings. The molecule has 1 amide bonds. The van der Waals surface area contributed by atoms with Crippen molar-refractivity contribution >= 4 is 42.1 Å². The molecule has 3 atom stereocenters. The summed E-state index contributed by atoms with van der Waals surface area (Å²) in [4.78, 5) is 27.8. The lowest BCUT2D eigenvalue weighted by Crippen LogP contribution is -2.63. The molecule has 1 aliphatic carbocycles. The second kappa shape index (κ2) is 11.0. The Morgan fingerprint density at radius 3 is 2.49 bits per heavy atom.